The Kier molecular flexibility index (Phi) is 1.56. The van der Waals surface area contributed by atoms with Gasteiger partial charge in [-0.1, -0.05) is 0 Å². The summed E-state index contributed by atoms with van der Waals surface area (Å²) in [5.74, 6) is 1.71. The predicted molar refractivity (Wildman–Crippen MR) is 47.2 cm³/mol. The van der Waals surface area contributed by atoms with E-state index in [2.05, 4.69) is 4.90 Å². The quantitative estimate of drug-likeness (QED) is 0.613. The number of ketones is 1. The zero-order chi connectivity index (χ0) is 9.00. The Labute approximate surface area is 77.7 Å². The minimum Gasteiger partial charge on any atom is -0.395 e. The Morgan fingerprint density at radius 2 is 1.92 bits per heavy atom. The molecule has 3 aliphatic heterocycles. The van der Waals surface area contributed by atoms with Gasteiger partial charge in [-0.2, -0.15) is 0 Å². The fourth-order valence-corrected chi connectivity index (χ4v) is 3.51. The van der Waals surface area contributed by atoms with E-state index in [1.165, 1.54) is 0 Å². The molecule has 1 aliphatic carbocycles. The topological polar surface area (TPSA) is 40.5 Å². The van der Waals surface area contributed by atoms with E-state index in [0.29, 0.717) is 29.6 Å². The van der Waals surface area contributed by atoms with Crippen LogP contribution in [0.5, 0.6) is 0 Å². The largest absolute Gasteiger partial charge is 0.395 e. The Balaban J connectivity index is 1.90. The molecule has 4 fully saturated rings. The summed E-state index contributed by atoms with van der Waals surface area (Å²) in [4.78, 5) is 14.0. The molecule has 1 saturated carbocycles. The summed E-state index contributed by atoms with van der Waals surface area (Å²) >= 11 is 0. The number of hydrogen-bond acceptors (Lipinski definition) is 3. The maximum absolute atomic E-state index is 11.7. The number of aliphatic hydroxyl groups excluding tert-OH is 1. The first kappa shape index (κ1) is 7.94. The van der Waals surface area contributed by atoms with Crippen LogP contribution in [0.15, 0.2) is 0 Å². The first-order valence-corrected chi connectivity index (χ1v) is 5.18. The maximum Gasteiger partial charge on any atom is 0.141 e. The Hall–Kier alpha value is -0.410. The second-order valence-corrected chi connectivity index (χ2v) is 4.73. The standard InChI is InChI=1S/C10H15NO2/c12-5-9-6-1-7-3-11(9)4-8(2-6)10(7)13/h6-9,12H,1-5H2. The molecule has 0 spiro atoms. The molecule has 0 aromatic carbocycles. The molecular weight excluding hydrogens is 166 g/mol. The average Bonchev–Trinajstić information content (AvgIpc) is 2.11. The van der Waals surface area contributed by atoms with E-state index < -0.39 is 0 Å². The van der Waals surface area contributed by atoms with Crippen LogP contribution in [-0.2, 0) is 4.79 Å². The van der Waals surface area contributed by atoms with Crippen molar-refractivity contribution < 1.29 is 9.90 Å². The molecule has 3 saturated heterocycles. The van der Waals surface area contributed by atoms with E-state index in [0.717, 1.165) is 25.9 Å². The molecule has 3 unspecified atom stereocenters. The van der Waals surface area contributed by atoms with Gasteiger partial charge in [-0.3, -0.25) is 9.69 Å². The third-order valence-corrected chi connectivity index (χ3v) is 4.09. The molecule has 0 amide bonds. The third kappa shape index (κ3) is 0.945. The van der Waals surface area contributed by atoms with Gasteiger partial charge in [-0.15, -0.1) is 0 Å². The first-order chi connectivity index (χ1) is 6.29. The molecule has 3 atom stereocenters. The van der Waals surface area contributed by atoms with Crippen LogP contribution in [0.2, 0.25) is 0 Å². The van der Waals surface area contributed by atoms with Gasteiger partial charge in [0.2, 0.25) is 0 Å². The highest BCUT2D eigenvalue weighted by atomic mass is 16.3. The van der Waals surface area contributed by atoms with Crippen molar-refractivity contribution in [1.82, 2.24) is 4.90 Å². The molecular formula is C10H15NO2. The lowest BCUT2D eigenvalue weighted by molar-refractivity contribution is -0.150. The van der Waals surface area contributed by atoms with E-state index in [-0.39, 0.29) is 6.61 Å². The van der Waals surface area contributed by atoms with Crippen molar-refractivity contribution in [3.63, 3.8) is 0 Å². The van der Waals surface area contributed by atoms with Crippen LogP contribution in [0.25, 0.3) is 0 Å². The highest BCUT2D eigenvalue weighted by Crippen LogP contribution is 2.44. The maximum atomic E-state index is 11.7. The lowest BCUT2D eigenvalue weighted by Crippen LogP contribution is -2.63. The summed E-state index contributed by atoms with van der Waals surface area (Å²) in [6.07, 6.45) is 2.08. The average molecular weight is 181 g/mol. The van der Waals surface area contributed by atoms with E-state index in [4.69, 9.17) is 0 Å². The summed E-state index contributed by atoms with van der Waals surface area (Å²) in [6, 6.07) is 0.362. The van der Waals surface area contributed by atoms with Gasteiger partial charge in [0.25, 0.3) is 0 Å². The Morgan fingerprint density at radius 3 is 2.38 bits per heavy atom. The highest BCUT2D eigenvalue weighted by Gasteiger charge is 2.51. The highest BCUT2D eigenvalue weighted by molar-refractivity contribution is 5.85. The van der Waals surface area contributed by atoms with Crippen LogP contribution in [0.4, 0.5) is 0 Å². The van der Waals surface area contributed by atoms with Crippen molar-refractivity contribution in [2.75, 3.05) is 19.7 Å². The number of rotatable bonds is 1. The zero-order valence-corrected chi connectivity index (χ0v) is 7.65. The fourth-order valence-electron chi connectivity index (χ4n) is 3.51. The number of carbonyl (C=O) groups excluding carboxylic acids is 1. The number of piperidine rings is 3. The summed E-state index contributed by atoms with van der Waals surface area (Å²) in [5.41, 5.74) is 0. The number of carbonyl (C=O) groups is 1. The van der Waals surface area contributed by atoms with Crippen LogP contribution in [-0.4, -0.2) is 41.5 Å². The van der Waals surface area contributed by atoms with Gasteiger partial charge in [0.05, 0.1) is 6.61 Å². The van der Waals surface area contributed by atoms with Gasteiger partial charge in [0.1, 0.15) is 5.78 Å². The minimum absolute atomic E-state index is 0.276. The smallest absolute Gasteiger partial charge is 0.141 e. The van der Waals surface area contributed by atoms with Crippen LogP contribution in [0.1, 0.15) is 12.8 Å². The van der Waals surface area contributed by atoms with Gasteiger partial charge in [-0.25, -0.2) is 0 Å². The third-order valence-electron chi connectivity index (χ3n) is 4.09. The van der Waals surface area contributed by atoms with E-state index in [9.17, 15) is 9.90 Å². The molecule has 4 bridgehead atoms. The van der Waals surface area contributed by atoms with Gasteiger partial charge in [-0.05, 0) is 18.8 Å². The normalized spacial score (nSPS) is 53.0. The lowest BCUT2D eigenvalue weighted by atomic mass is 9.64. The molecule has 0 radical (unpaired) electrons. The fraction of sp³-hybridized carbons (Fsp3) is 0.900. The van der Waals surface area contributed by atoms with Crippen molar-refractivity contribution in [1.29, 1.82) is 0 Å². The molecule has 3 nitrogen and oxygen atoms in total. The van der Waals surface area contributed by atoms with E-state index in [1.54, 1.807) is 0 Å². The molecule has 72 valence electrons. The number of hydrogen-bond donors (Lipinski definition) is 1. The summed E-state index contributed by atoms with van der Waals surface area (Å²) in [6.45, 7) is 2.10. The molecule has 1 N–H and O–H groups in total. The van der Waals surface area contributed by atoms with Crippen LogP contribution >= 0.6 is 0 Å². The van der Waals surface area contributed by atoms with Crippen molar-refractivity contribution in [3.8, 4) is 0 Å². The molecule has 4 aliphatic rings. The summed E-state index contributed by atoms with van der Waals surface area (Å²) in [5, 5.41) is 9.24. The molecule has 3 heteroatoms. The molecule has 13 heavy (non-hydrogen) atoms. The number of nitrogens with zero attached hydrogens (tertiary/aromatic N) is 1. The van der Waals surface area contributed by atoms with Gasteiger partial charge in [0, 0.05) is 31.0 Å². The second-order valence-electron chi connectivity index (χ2n) is 4.73. The SMILES string of the molecule is O=C1C2CC3CC1CN(C2)C3CO. The Morgan fingerprint density at radius 1 is 1.31 bits per heavy atom. The van der Waals surface area contributed by atoms with Crippen molar-refractivity contribution in [2.45, 2.75) is 18.9 Å². The van der Waals surface area contributed by atoms with E-state index >= 15 is 0 Å². The lowest BCUT2D eigenvalue weighted by Gasteiger charge is -2.54. The van der Waals surface area contributed by atoms with Crippen LogP contribution < -0.4 is 0 Å². The molecule has 3 heterocycles. The minimum atomic E-state index is 0.276. The zero-order valence-electron chi connectivity index (χ0n) is 7.65. The van der Waals surface area contributed by atoms with Crippen LogP contribution in [0.3, 0.4) is 0 Å². The van der Waals surface area contributed by atoms with Gasteiger partial charge < -0.3 is 5.11 Å². The van der Waals surface area contributed by atoms with Crippen molar-refractivity contribution >= 4 is 5.78 Å². The van der Waals surface area contributed by atoms with Crippen molar-refractivity contribution in [3.05, 3.63) is 0 Å². The van der Waals surface area contributed by atoms with E-state index in [1.807, 2.05) is 0 Å². The van der Waals surface area contributed by atoms with Crippen molar-refractivity contribution in [2.24, 2.45) is 17.8 Å². The van der Waals surface area contributed by atoms with Gasteiger partial charge in [0.15, 0.2) is 0 Å². The summed E-state index contributed by atoms with van der Waals surface area (Å²) < 4.78 is 0. The predicted octanol–water partition coefficient (Wildman–Crippen LogP) is -0.112. The van der Waals surface area contributed by atoms with Crippen LogP contribution in [0, 0.1) is 17.8 Å². The Bertz CT molecular complexity index is 219. The molecule has 0 aromatic rings. The monoisotopic (exact) mass is 181 g/mol. The molecule has 4 rings (SSSR count). The second kappa shape index (κ2) is 2.55. The number of Topliss-reactive ketones (excluding diaryl/α,β-unsaturated/α-hetero) is 1. The van der Waals surface area contributed by atoms with Gasteiger partial charge >= 0.3 is 0 Å². The first-order valence-electron chi connectivity index (χ1n) is 5.18. The number of aliphatic hydroxyl groups is 1. The molecule has 0 aromatic heterocycles. The summed E-state index contributed by atoms with van der Waals surface area (Å²) in [7, 11) is 0.